The van der Waals surface area contributed by atoms with Gasteiger partial charge in [-0.2, -0.15) is 0 Å². The van der Waals surface area contributed by atoms with E-state index in [2.05, 4.69) is 31.5 Å². The molecule has 4 nitrogen and oxygen atoms in total. The van der Waals surface area contributed by atoms with Crippen molar-refractivity contribution >= 4 is 49.0 Å². The number of aryl methyl sites for hydroxylation is 1. The van der Waals surface area contributed by atoms with Gasteiger partial charge in [0.05, 0.1) is 6.20 Å². The molecule has 0 radical (unpaired) electrons. The molecule has 23 heavy (non-hydrogen) atoms. The van der Waals surface area contributed by atoms with E-state index in [0.29, 0.717) is 10.6 Å². The van der Waals surface area contributed by atoms with E-state index < -0.39 is 0 Å². The lowest BCUT2D eigenvalue weighted by molar-refractivity contribution is 0.102. The Bertz CT molecular complexity index is 830. The Morgan fingerprint density at radius 3 is 2.70 bits per heavy atom. The minimum absolute atomic E-state index is 0.156. The molecular weight excluding hydrogens is 374 g/mol. The third-order valence-corrected chi connectivity index (χ3v) is 4.45. The summed E-state index contributed by atoms with van der Waals surface area (Å²) < 4.78 is 0.871. The van der Waals surface area contributed by atoms with E-state index in [1.165, 1.54) is 16.9 Å². The lowest BCUT2D eigenvalue weighted by Crippen LogP contribution is -2.10. The summed E-state index contributed by atoms with van der Waals surface area (Å²) in [6.07, 6.45) is 1.65. The average molecular weight is 388 g/mol. The molecule has 0 saturated carbocycles. The van der Waals surface area contributed by atoms with Crippen molar-refractivity contribution in [3.8, 4) is 0 Å². The topological polar surface area (TPSA) is 54.0 Å². The number of nitrogens with zero attached hydrogens (tertiary/aromatic N) is 1. The number of hydrogen-bond donors (Lipinski definition) is 2. The molecule has 0 saturated heterocycles. The molecule has 3 aromatic rings. The smallest absolute Gasteiger partial charge is 0.256 e. The van der Waals surface area contributed by atoms with Gasteiger partial charge in [0, 0.05) is 15.7 Å². The van der Waals surface area contributed by atoms with Crippen LogP contribution in [0.25, 0.3) is 0 Å². The molecule has 0 aliphatic rings. The second kappa shape index (κ2) is 6.93. The largest absolute Gasteiger partial charge is 0.331 e. The van der Waals surface area contributed by atoms with Crippen molar-refractivity contribution in [2.75, 3.05) is 10.6 Å². The number of anilines is 3. The van der Waals surface area contributed by atoms with E-state index in [0.717, 1.165) is 15.3 Å². The van der Waals surface area contributed by atoms with Crippen LogP contribution in [-0.4, -0.2) is 10.9 Å². The number of nitrogens with one attached hydrogen (secondary N) is 2. The standard InChI is InChI=1S/C17H14BrN3OS/c1-11-5-7-14(8-6-11)20-17-19-10-15(23-17)21-16(22)12-3-2-4-13(18)9-12/h2-10H,1H3,(H,19,20)(H,21,22). The minimum Gasteiger partial charge on any atom is -0.331 e. The van der Waals surface area contributed by atoms with Gasteiger partial charge in [-0.3, -0.25) is 4.79 Å². The van der Waals surface area contributed by atoms with Gasteiger partial charge in [0.2, 0.25) is 0 Å². The summed E-state index contributed by atoms with van der Waals surface area (Å²) in [6, 6.07) is 15.3. The monoisotopic (exact) mass is 387 g/mol. The van der Waals surface area contributed by atoms with Gasteiger partial charge < -0.3 is 10.6 Å². The summed E-state index contributed by atoms with van der Waals surface area (Å²) in [5.41, 5.74) is 2.77. The molecule has 0 bridgehead atoms. The van der Waals surface area contributed by atoms with Gasteiger partial charge in [-0.05, 0) is 37.3 Å². The number of hydrogen-bond acceptors (Lipinski definition) is 4. The van der Waals surface area contributed by atoms with Gasteiger partial charge >= 0.3 is 0 Å². The zero-order chi connectivity index (χ0) is 16.2. The van der Waals surface area contributed by atoms with Crippen LogP contribution in [-0.2, 0) is 0 Å². The van der Waals surface area contributed by atoms with Crippen LogP contribution in [0, 0.1) is 6.92 Å². The molecule has 2 N–H and O–H groups in total. The number of rotatable bonds is 4. The molecule has 6 heteroatoms. The maximum atomic E-state index is 12.2. The molecule has 2 aromatic carbocycles. The molecule has 0 aliphatic heterocycles. The van der Waals surface area contributed by atoms with Crippen molar-refractivity contribution in [1.82, 2.24) is 4.98 Å². The van der Waals surface area contributed by atoms with Crippen molar-refractivity contribution in [2.45, 2.75) is 6.92 Å². The molecule has 0 aliphatic carbocycles. The average Bonchev–Trinajstić information content (AvgIpc) is 2.96. The highest BCUT2D eigenvalue weighted by Crippen LogP contribution is 2.27. The van der Waals surface area contributed by atoms with E-state index in [4.69, 9.17) is 0 Å². The Morgan fingerprint density at radius 2 is 1.96 bits per heavy atom. The highest BCUT2D eigenvalue weighted by molar-refractivity contribution is 9.10. The summed E-state index contributed by atoms with van der Waals surface area (Å²) in [6.45, 7) is 2.04. The number of amides is 1. The molecule has 0 fully saturated rings. The van der Waals surface area contributed by atoms with Crippen molar-refractivity contribution in [3.05, 3.63) is 70.3 Å². The molecule has 1 heterocycles. The summed E-state index contributed by atoms with van der Waals surface area (Å²) in [7, 11) is 0. The zero-order valence-electron chi connectivity index (χ0n) is 12.3. The minimum atomic E-state index is -0.156. The fourth-order valence-corrected chi connectivity index (χ4v) is 3.09. The van der Waals surface area contributed by atoms with Crippen LogP contribution in [0.3, 0.4) is 0 Å². The van der Waals surface area contributed by atoms with Crippen LogP contribution in [0.1, 0.15) is 15.9 Å². The van der Waals surface area contributed by atoms with Gasteiger partial charge in [0.15, 0.2) is 5.13 Å². The summed E-state index contributed by atoms with van der Waals surface area (Å²) in [5, 5.41) is 7.51. The van der Waals surface area contributed by atoms with Crippen LogP contribution >= 0.6 is 27.3 Å². The van der Waals surface area contributed by atoms with Crippen molar-refractivity contribution in [2.24, 2.45) is 0 Å². The lowest BCUT2D eigenvalue weighted by Gasteiger charge is -2.03. The lowest BCUT2D eigenvalue weighted by atomic mass is 10.2. The van der Waals surface area contributed by atoms with Crippen LogP contribution in [0.2, 0.25) is 0 Å². The first kappa shape index (κ1) is 15.7. The van der Waals surface area contributed by atoms with E-state index >= 15 is 0 Å². The molecule has 0 spiro atoms. The van der Waals surface area contributed by atoms with E-state index in [-0.39, 0.29) is 5.91 Å². The Kier molecular flexibility index (Phi) is 4.73. The first-order chi connectivity index (χ1) is 11.1. The van der Waals surface area contributed by atoms with Gasteiger partial charge in [0.1, 0.15) is 5.00 Å². The van der Waals surface area contributed by atoms with Crippen molar-refractivity contribution in [3.63, 3.8) is 0 Å². The Labute approximate surface area is 146 Å². The Balaban J connectivity index is 1.67. The van der Waals surface area contributed by atoms with Crippen LogP contribution < -0.4 is 10.6 Å². The quantitative estimate of drug-likeness (QED) is 0.645. The summed E-state index contributed by atoms with van der Waals surface area (Å²) in [5.74, 6) is -0.156. The number of carbonyl (C=O) groups excluding carboxylic acids is 1. The maximum Gasteiger partial charge on any atom is 0.256 e. The fraction of sp³-hybridized carbons (Fsp3) is 0.0588. The van der Waals surface area contributed by atoms with Gasteiger partial charge in [-0.15, -0.1) is 0 Å². The second-order valence-corrected chi connectivity index (χ2v) is 6.93. The van der Waals surface area contributed by atoms with Gasteiger partial charge in [0.25, 0.3) is 5.91 Å². The van der Waals surface area contributed by atoms with E-state index in [1.54, 1.807) is 18.3 Å². The zero-order valence-corrected chi connectivity index (χ0v) is 14.7. The molecule has 0 unspecified atom stereocenters. The molecule has 116 valence electrons. The van der Waals surface area contributed by atoms with Crippen LogP contribution in [0.5, 0.6) is 0 Å². The highest BCUT2D eigenvalue weighted by atomic mass is 79.9. The van der Waals surface area contributed by atoms with Crippen LogP contribution in [0.15, 0.2) is 59.2 Å². The molecule has 0 atom stereocenters. The number of aromatic nitrogens is 1. The van der Waals surface area contributed by atoms with Crippen molar-refractivity contribution in [1.29, 1.82) is 0 Å². The molecule has 3 rings (SSSR count). The second-order valence-electron chi connectivity index (χ2n) is 4.99. The van der Waals surface area contributed by atoms with E-state index in [9.17, 15) is 4.79 Å². The number of halogens is 1. The SMILES string of the molecule is Cc1ccc(Nc2ncc(NC(=O)c3cccc(Br)c3)s2)cc1. The van der Waals surface area contributed by atoms with Crippen LogP contribution in [0.4, 0.5) is 15.8 Å². The third kappa shape index (κ3) is 4.18. The first-order valence-electron chi connectivity index (χ1n) is 6.96. The number of thiazole rings is 1. The van der Waals surface area contributed by atoms with Gasteiger partial charge in [-0.1, -0.05) is 51.0 Å². The molecular formula is C17H14BrN3OS. The molecule has 1 aromatic heterocycles. The predicted molar refractivity (Wildman–Crippen MR) is 98.7 cm³/mol. The Morgan fingerprint density at radius 1 is 1.17 bits per heavy atom. The van der Waals surface area contributed by atoms with E-state index in [1.807, 2.05) is 43.3 Å². The maximum absolute atomic E-state index is 12.2. The number of carbonyl (C=O) groups is 1. The predicted octanol–water partition coefficient (Wildman–Crippen LogP) is 5.21. The first-order valence-corrected chi connectivity index (χ1v) is 8.57. The third-order valence-electron chi connectivity index (χ3n) is 3.13. The number of benzene rings is 2. The molecule has 1 amide bonds. The van der Waals surface area contributed by atoms with Crippen molar-refractivity contribution < 1.29 is 4.79 Å². The summed E-state index contributed by atoms with van der Waals surface area (Å²) in [4.78, 5) is 16.5. The fourth-order valence-electron chi connectivity index (χ4n) is 1.96. The van der Waals surface area contributed by atoms with Gasteiger partial charge in [-0.25, -0.2) is 4.98 Å². The Hall–Kier alpha value is -2.18. The highest BCUT2D eigenvalue weighted by Gasteiger charge is 2.09. The summed E-state index contributed by atoms with van der Waals surface area (Å²) >= 11 is 4.76. The normalized spacial score (nSPS) is 10.3.